The molecule has 2 unspecified atom stereocenters. The van der Waals surface area contributed by atoms with Gasteiger partial charge in [0.25, 0.3) is 0 Å². The van der Waals surface area contributed by atoms with Crippen molar-refractivity contribution >= 4 is 0 Å². The van der Waals surface area contributed by atoms with Gasteiger partial charge >= 0.3 is 0 Å². The van der Waals surface area contributed by atoms with Crippen LogP contribution in [-0.4, -0.2) is 17.7 Å². The molecule has 1 aliphatic heterocycles. The lowest BCUT2D eigenvalue weighted by atomic mass is 9.72. The maximum Gasteiger partial charge on any atom is 0.0685 e. The molecule has 20 heavy (non-hydrogen) atoms. The van der Waals surface area contributed by atoms with Crippen molar-refractivity contribution in [1.82, 2.24) is 0 Å². The third-order valence-electron chi connectivity index (χ3n) is 5.37. The Kier molecular flexibility index (Phi) is 3.87. The Bertz CT molecular complexity index is 434. The molecule has 1 saturated heterocycles. The van der Waals surface area contributed by atoms with Crippen LogP contribution in [0, 0.1) is 5.92 Å². The van der Waals surface area contributed by atoms with Gasteiger partial charge in [0.2, 0.25) is 0 Å². The Morgan fingerprint density at radius 3 is 2.65 bits per heavy atom. The smallest absolute Gasteiger partial charge is 0.0685 e. The first kappa shape index (κ1) is 14.1. The van der Waals surface area contributed by atoms with E-state index < -0.39 is 0 Å². The highest BCUT2D eigenvalue weighted by Crippen LogP contribution is 2.44. The fraction of sp³-hybridized carbons (Fsp3) is 0.667. The van der Waals surface area contributed by atoms with E-state index in [2.05, 4.69) is 37.3 Å². The molecule has 0 amide bonds. The molecule has 1 saturated carbocycles. The minimum Gasteiger partial charge on any atom is -0.375 e. The zero-order chi connectivity index (χ0) is 14.1. The number of nitrogens with two attached hydrogens (primary N) is 1. The van der Waals surface area contributed by atoms with Gasteiger partial charge in [-0.05, 0) is 50.5 Å². The van der Waals surface area contributed by atoms with Crippen LogP contribution < -0.4 is 5.73 Å². The van der Waals surface area contributed by atoms with E-state index in [1.165, 1.54) is 31.2 Å². The summed E-state index contributed by atoms with van der Waals surface area (Å²) in [5.41, 5.74) is 8.11. The topological polar surface area (TPSA) is 35.2 Å². The summed E-state index contributed by atoms with van der Waals surface area (Å²) in [6.07, 6.45) is 8.37. The van der Waals surface area contributed by atoms with Crippen LogP contribution in [0.3, 0.4) is 0 Å². The Labute approximate surface area is 122 Å². The summed E-state index contributed by atoms with van der Waals surface area (Å²) < 4.78 is 6.15. The monoisotopic (exact) mass is 273 g/mol. The molecule has 0 aromatic heterocycles. The van der Waals surface area contributed by atoms with Crippen LogP contribution in [-0.2, 0) is 11.2 Å². The molecule has 110 valence electrons. The van der Waals surface area contributed by atoms with Crippen LogP contribution in [0.5, 0.6) is 0 Å². The molecule has 2 atom stereocenters. The van der Waals surface area contributed by atoms with Crippen molar-refractivity contribution in [2.45, 2.75) is 63.0 Å². The predicted molar refractivity (Wildman–Crippen MR) is 82.6 cm³/mol. The van der Waals surface area contributed by atoms with Crippen LogP contribution in [0.15, 0.2) is 30.3 Å². The van der Waals surface area contributed by atoms with Crippen molar-refractivity contribution < 1.29 is 4.74 Å². The van der Waals surface area contributed by atoms with Gasteiger partial charge < -0.3 is 10.5 Å². The molecule has 0 radical (unpaired) electrons. The summed E-state index contributed by atoms with van der Waals surface area (Å²) in [6.45, 7) is 3.13. The fourth-order valence-corrected chi connectivity index (χ4v) is 4.14. The molecule has 1 aliphatic carbocycles. The zero-order valence-corrected chi connectivity index (χ0v) is 12.6. The Morgan fingerprint density at radius 1 is 1.25 bits per heavy atom. The summed E-state index contributed by atoms with van der Waals surface area (Å²) in [4.78, 5) is 0. The average molecular weight is 273 g/mol. The van der Waals surface area contributed by atoms with Crippen molar-refractivity contribution in [1.29, 1.82) is 0 Å². The van der Waals surface area contributed by atoms with E-state index in [0.29, 0.717) is 5.92 Å². The van der Waals surface area contributed by atoms with Gasteiger partial charge in [-0.2, -0.15) is 0 Å². The van der Waals surface area contributed by atoms with Crippen LogP contribution in [0.1, 0.15) is 51.0 Å². The van der Waals surface area contributed by atoms with Gasteiger partial charge in [-0.3, -0.25) is 0 Å². The first-order valence-corrected chi connectivity index (χ1v) is 8.07. The lowest BCUT2D eigenvalue weighted by molar-refractivity contribution is -0.103. The van der Waals surface area contributed by atoms with E-state index in [9.17, 15) is 0 Å². The van der Waals surface area contributed by atoms with Gasteiger partial charge in [-0.15, -0.1) is 0 Å². The van der Waals surface area contributed by atoms with E-state index in [0.717, 1.165) is 25.9 Å². The lowest BCUT2D eigenvalue weighted by Crippen LogP contribution is -2.52. The molecule has 3 rings (SSSR count). The lowest BCUT2D eigenvalue weighted by Gasteiger charge is -2.45. The summed E-state index contributed by atoms with van der Waals surface area (Å²) in [6, 6.07) is 10.7. The minimum atomic E-state index is -0.124. The predicted octanol–water partition coefficient (Wildman–Crippen LogP) is 3.69. The van der Waals surface area contributed by atoms with E-state index >= 15 is 0 Å². The van der Waals surface area contributed by atoms with Crippen LogP contribution >= 0.6 is 0 Å². The van der Waals surface area contributed by atoms with Crippen molar-refractivity contribution in [2.75, 3.05) is 6.61 Å². The summed E-state index contributed by atoms with van der Waals surface area (Å²) >= 11 is 0. The third-order valence-corrected chi connectivity index (χ3v) is 5.37. The normalized spacial score (nSPS) is 28.4. The molecule has 1 heterocycles. The second-order valence-electron chi connectivity index (χ2n) is 7.10. The Hall–Kier alpha value is -0.860. The van der Waals surface area contributed by atoms with E-state index in [1.54, 1.807) is 0 Å². The molecule has 0 bridgehead atoms. The van der Waals surface area contributed by atoms with E-state index in [4.69, 9.17) is 10.5 Å². The van der Waals surface area contributed by atoms with Gasteiger partial charge in [0.15, 0.2) is 0 Å². The largest absolute Gasteiger partial charge is 0.375 e. The van der Waals surface area contributed by atoms with Gasteiger partial charge in [0, 0.05) is 12.1 Å². The number of rotatable bonds is 3. The standard InChI is InChI=1S/C18H27NO/c1-17(19,13-15-7-3-2-4-8-15)16-9-12-20-18(14-16)10-5-6-11-18/h2-4,7-8,16H,5-6,9-14,19H2,1H3. The second kappa shape index (κ2) is 5.50. The molecular formula is C18H27NO. The summed E-state index contributed by atoms with van der Waals surface area (Å²) in [5.74, 6) is 0.578. The zero-order valence-electron chi connectivity index (χ0n) is 12.6. The molecule has 2 nitrogen and oxygen atoms in total. The fourth-order valence-electron chi connectivity index (χ4n) is 4.14. The molecule has 2 aliphatic rings. The molecule has 2 fully saturated rings. The van der Waals surface area contributed by atoms with Crippen LogP contribution in [0.25, 0.3) is 0 Å². The Morgan fingerprint density at radius 2 is 1.95 bits per heavy atom. The van der Waals surface area contributed by atoms with Crippen molar-refractivity contribution in [2.24, 2.45) is 11.7 Å². The van der Waals surface area contributed by atoms with E-state index in [1.807, 2.05) is 0 Å². The SMILES string of the molecule is CC(N)(Cc1ccccc1)C1CCOC2(CCCC2)C1. The number of hydrogen-bond acceptors (Lipinski definition) is 2. The van der Waals surface area contributed by atoms with Crippen molar-refractivity contribution in [3.63, 3.8) is 0 Å². The highest BCUT2D eigenvalue weighted by atomic mass is 16.5. The first-order chi connectivity index (χ1) is 9.60. The highest BCUT2D eigenvalue weighted by molar-refractivity contribution is 5.18. The van der Waals surface area contributed by atoms with Crippen molar-refractivity contribution in [3.05, 3.63) is 35.9 Å². The molecule has 2 heteroatoms. The van der Waals surface area contributed by atoms with Gasteiger partial charge in [-0.25, -0.2) is 0 Å². The maximum atomic E-state index is 6.72. The number of hydrogen-bond donors (Lipinski definition) is 1. The highest BCUT2D eigenvalue weighted by Gasteiger charge is 2.44. The molecule has 1 aromatic rings. The molecule has 2 N–H and O–H groups in total. The average Bonchev–Trinajstić information content (AvgIpc) is 2.87. The third kappa shape index (κ3) is 2.91. The number of ether oxygens (including phenoxy) is 1. The summed E-state index contributed by atoms with van der Waals surface area (Å²) in [5, 5.41) is 0. The number of benzene rings is 1. The van der Waals surface area contributed by atoms with Crippen LogP contribution in [0.4, 0.5) is 0 Å². The maximum absolute atomic E-state index is 6.72. The van der Waals surface area contributed by atoms with E-state index in [-0.39, 0.29) is 11.1 Å². The second-order valence-corrected chi connectivity index (χ2v) is 7.10. The summed E-state index contributed by atoms with van der Waals surface area (Å²) in [7, 11) is 0. The Balaban J connectivity index is 1.70. The quantitative estimate of drug-likeness (QED) is 0.911. The van der Waals surface area contributed by atoms with Crippen molar-refractivity contribution in [3.8, 4) is 0 Å². The van der Waals surface area contributed by atoms with Gasteiger partial charge in [-0.1, -0.05) is 43.2 Å². The minimum absolute atomic E-state index is 0.124. The first-order valence-electron chi connectivity index (χ1n) is 8.07. The molecule has 1 spiro atoms. The van der Waals surface area contributed by atoms with Gasteiger partial charge in [0.05, 0.1) is 5.60 Å². The molecule has 1 aromatic carbocycles. The van der Waals surface area contributed by atoms with Crippen LogP contribution in [0.2, 0.25) is 0 Å². The molecular weight excluding hydrogens is 246 g/mol. The van der Waals surface area contributed by atoms with Gasteiger partial charge in [0.1, 0.15) is 0 Å².